The number of aliphatic hydroxyl groups excluding tert-OH is 1. The summed E-state index contributed by atoms with van der Waals surface area (Å²) in [5.41, 5.74) is 6.28. The number of ether oxygens (including phenoxy) is 2. The van der Waals surface area contributed by atoms with Crippen LogP contribution in [0.5, 0.6) is 5.75 Å². The molecule has 1 fully saturated rings. The van der Waals surface area contributed by atoms with Gasteiger partial charge in [-0.1, -0.05) is 6.07 Å². The lowest BCUT2D eigenvalue weighted by Gasteiger charge is -2.35. The average molecular weight is 517 g/mol. The molecule has 2 atom stereocenters. The van der Waals surface area contributed by atoms with Crippen LogP contribution in [0.4, 0.5) is 20.2 Å². The summed E-state index contributed by atoms with van der Waals surface area (Å²) in [6, 6.07) is 10.3. The molecule has 0 bridgehead atoms. The number of nitrogens with one attached hydrogen (secondary N) is 1. The van der Waals surface area contributed by atoms with Crippen molar-refractivity contribution >= 4 is 29.1 Å². The van der Waals surface area contributed by atoms with Crippen LogP contribution >= 0.6 is 0 Å². The number of hydrogen-bond acceptors (Lipinski definition) is 8. The summed E-state index contributed by atoms with van der Waals surface area (Å²) in [5, 5.41) is 22.2. The molecule has 1 aliphatic heterocycles. The van der Waals surface area contributed by atoms with Crippen LogP contribution < -0.4 is 20.7 Å². The number of anilines is 2. The zero-order valence-electron chi connectivity index (χ0n) is 20.0. The summed E-state index contributed by atoms with van der Waals surface area (Å²) in [6.45, 7) is -3.51. The van der Waals surface area contributed by atoms with E-state index in [1.807, 2.05) is 6.07 Å². The third kappa shape index (κ3) is 6.00. The number of halogens is 2. The highest BCUT2D eigenvalue weighted by atomic mass is 19.3. The second-order valence-corrected chi connectivity index (χ2v) is 8.14. The fraction of sp³-hybridized carbons (Fsp3) is 0.333. The van der Waals surface area contributed by atoms with Crippen LogP contribution in [-0.4, -0.2) is 73.8 Å². The first kappa shape index (κ1) is 27.5. The maximum absolute atomic E-state index is 13.2. The second-order valence-electron chi connectivity index (χ2n) is 8.14. The summed E-state index contributed by atoms with van der Waals surface area (Å²) in [5.74, 6) is -3.03. The molecule has 11 nitrogen and oxygen atoms in total. The highest BCUT2D eigenvalue weighted by molar-refractivity contribution is 6.06. The Bertz CT molecular complexity index is 1230. The van der Waals surface area contributed by atoms with E-state index in [1.165, 1.54) is 50.5 Å². The van der Waals surface area contributed by atoms with E-state index in [4.69, 9.17) is 15.7 Å². The van der Waals surface area contributed by atoms with Gasteiger partial charge in [0, 0.05) is 32.9 Å². The first-order valence-electron chi connectivity index (χ1n) is 11.0. The Morgan fingerprint density at radius 2 is 2.08 bits per heavy atom. The highest BCUT2D eigenvalue weighted by Crippen LogP contribution is 2.36. The van der Waals surface area contributed by atoms with Crippen molar-refractivity contribution in [3.8, 4) is 11.8 Å². The number of amides is 3. The number of hydrogen-bond donors (Lipinski definition) is 3. The van der Waals surface area contributed by atoms with Gasteiger partial charge < -0.3 is 35.4 Å². The normalized spacial score (nSPS) is 16.2. The molecule has 0 radical (unpaired) electrons. The number of carbonyl (C=O) groups excluding carboxylic acids is 3. The number of nitriles is 1. The van der Waals surface area contributed by atoms with Gasteiger partial charge in [0.25, 0.3) is 17.7 Å². The smallest absolute Gasteiger partial charge is 0.387 e. The molecule has 196 valence electrons. The van der Waals surface area contributed by atoms with Crippen LogP contribution in [-0.2, 0) is 20.9 Å². The van der Waals surface area contributed by atoms with Gasteiger partial charge in [-0.2, -0.15) is 14.0 Å². The van der Waals surface area contributed by atoms with Crippen molar-refractivity contribution in [1.82, 2.24) is 4.90 Å². The fourth-order valence-electron chi connectivity index (χ4n) is 3.73. The van der Waals surface area contributed by atoms with E-state index in [0.29, 0.717) is 11.1 Å². The van der Waals surface area contributed by atoms with Gasteiger partial charge in [0.15, 0.2) is 18.0 Å². The second kappa shape index (κ2) is 11.7. The molecular formula is C24H25F2N5O6. The van der Waals surface area contributed by atoms with Crippen molar-refractivity contribution in [2.45, 2.75) is 25.4 Å². The van der Waals surface area contributed by atoms with E-state index in [2.05, 4.69) is 10.1 Å². The standard InChI is InChI=1S/C24H25F2N5O6/c1-30(2)22(34)16-4-3-5-17(19(16)37-24(25)26)31-8-9-36-20(23(31)35)18(32)21(33)29-15-7-6-13(11-27)14(10-15)12-28/h3-7,10,18,20,24,32H,8-9,12,28H2,1-2H3,(H,29,33). The number of aliphatic hydroxyl groups is 1. The van der Waals surface area contributed by atoms with E-state index in [0.717, 1.165) is 9.80 Å². The van der Waals surface area contributed by atoms with Gasteiger partial charge in [0.05, 0.1) is 29.5 Å². The molecule has 1 aliphatic rings. The van der Waals surface area contributed by atoms with Crippen LogP contribution in [0.2, 0.25) is 0 Å². The Hall–Kier alpha value is -4.12. The number of rotatable bonds is 8. The zero-order chi connectivity index (χ0) is 27.3. The molecule has 0 aromatic heterocycles. The largest absolute Gasteiger partial charge is 0.432 e. The number of para-hydroxylation sites is 1. The molecule has 0 saturated carbocycles. The van der Waals surface area contributed by atoms with Crippen LogP contribution in [0.25, 0.3) is 0 Å². The van der Waals surface area contributed by atoms with Gasteiger partial charge in [-0.05, 0) is 35.9 Å². The van der Waals surface area contributed by atoms with Gasteiger partial charge in [0.1, 0.15) is 0 Å². The first-order chi connectivity index (χ1) is 17.6. The topological polar surface area (TPSA) is 158 Å². The molecule has 1 saturated heterocycles. The predicted octanol–water partition coefficient (Wildman–Crippen LogP) is 1.05. The van der Waals surface area contributed by atoms with Crippen molar-refractivity contribution in [1.29, 1.82) is 5.26 Å². The highest BCUT2D eigenvalue weighted by Gasteiger charge is 2.41. The molecule has 0 aliphatic carbocycles. The molecule has 2 aromatic rings. The van der Waals surface area contributed by atoms with Crippen LogP contribution in [0.1, 0.15) is 21.5 Å². The van der Waals surface area contributed by atoms with Gasteiger partial charge >= 0.3 is 6.61 Å². The fourth-order valence-corrected chi connectivity index (χ4v) is 3.73. The van der Waals surface area contributed by atoms with E-state index in [9.17, 15) is 28.3 Å². The average Bonchev–Trinajstić information content (AvgIpc) is 2.87. The zero-order valence-corrected chi connectivity index (χ0v) is 20.0. The van der Waals surface area contributed by atoms with E-state index in [1.54, 1.807) is 0 Å². The number of morpholine rings is 1. The molecular weight excluding hydrogens is 492 g/mol. The molecule has 4 N–H and O–H groups in total. The lowest BCUT2D eigenvalue weighted by molar-refractivity contribution is -0.150. The van der Waals surface area contributed by atoms with Crippen molar-refractivity contribution in [3.63, 3.8) is 0 Å². The van der Waals surface area contributed by atoms with Crippen LogP contribution in [0.3, 0.4) is 0 Å². The molecule has 2 aromatic carbocycles. The monoisotopic (exact) mass is 517 g/mol. The van der Waals surface area contributed by atoms with Crippen LogP contribution in [0.15, 0.2) is 36.4 Å². The minimum atomic E-state index is -3.29. The number of carbonyl (C=O) groups is 3. The number of nitrogens with zero attached hydrogens (tertiary/aromatic N) is 3. The number of alkyl halides is 2. The van der Waals surface area contributed by atoms with E-state index < -0.39 is 42.3 Å². The molecule has 3 amide bonds. The summed E-state index contributed by atoms with van der Waals surface area (Å²) in [6.07, 6.45) is -3.65. The van der Waals surface area contributed by atoms with Gasteiger partial charge in [0.2, 0.25) is 0 Å². The van der Waals surface area contributed by atoms with Crippen molar-refractivity contribution < 1.29 is 37.7 Å². The predicted molar refractivity (Wildman–Crippen MR) is 127 cm³/mol. The van der Waals surface area contributed by atoms with Gasteiger partial charge in [-0.15, -0.1) is 0 Å². The Balaban J connectivity index is 1.87. The van der Waals surface area contributed by atoms with Gasteiger partial charge in [-0.3, -0.25) is 14.4 Å². The van der Waals surface area contributed by atoms with Crippen molar-refractivity contribution in [3.05, 3.63) is 53.1 Å². The molecule has 1 heterocycles. The summed E-state index contributed by atoms with van der Waals surface area (Å²) < 4.78 is 36.4. The lowest BCUT2D eigenvalue weighted by Crippen LogP contribution is -2.55. The summed E-state index contributed by atoms with van der Waals surface area (Å²) >= 11 is 0. The molecule has 37 heavy (non-hydrogen) atoms. The number of nitrogens with two attached hydrogens (primary N) is 1. The quantitative estimate of drug-likeness (QED) is 0.469. The van der Waals surface area contributed by atoms with E-state index in [-0.39, 0.29) is 36.6 Å². The minimum Gasteiger partial charge on any atom is -0.432 e. The van der Waals surface area contributed by atoms with Crippen molar-refractivity contribution in [2.75, 3.05) is 37.5 Å². The summed E-state index contributed by atoms with van der Waals surface area (Å²) in [7, 11) is 2.85. The maximum Gasteiger partial charge on any atom is 0.387 e. The van der Waals surface area contributed by atoms with Crippen LogP contribution in [0, 0.1) is 11.3 Å². The SMILES string of the molecule is CN(C)C(=O)c1cccc(N2CCOC(C(O)C(=O)Nc3ccc(C#N)c(CN)c3)C2=O)c1OC(F)F. The molecule has 0 spiro atoms. The van der Waals surface area contributed by atoms with Crippen molar-refractivity contribution in [2.24, 2.45) is 5.73 Å². The number of benzene rings is 2. The van der Waals surface area contributed by atoms with Gasteiger partial charge in [-0.25, -0.2) is 0 Å². The molecule has 3 rings (SSSR count). The third-order valence-electron chi connectivity index (χ3n) is 5.52. The Labute approximate surface area is 211 Å². The molecule has 2 unspecified atom stereocenters. The Morgan fingerprint density at radius 3 is 2.70 bits per heavy atom. The Kier molecular flexibility index (Phi) is 8.72. The minimum absolute atomic E-state index is 0.0345. The molecule has 13 heteroatoms. The lowest BCUT2D eigenvalue weighted by atomic mass is 10.1. The third-order valence-corrected chi connectivity index (χ3v) is 5.52. The maximum atomic E-state index is 13.2. The first-order valence-corrected chi connectivity index (χ1v) is 11.0. The van der Waals surface area contributed by atoms with E-state index >= 15 is 0 Å². The Morgan fingerprint density at radius 1 is 1.35 bits per heavy atom. The summed E-state index contributed by atoms with van der Waals surface area (Å²) in [4.78, 5) is 40.7.